The summed E-state index contributed by atoms with van der Waals surface area (Å²) in [6.07, 6.45) is 6.29. The number of aliphatic hydroxyl groups excluding tert-OH is 1. The van der Waals surface area contributed by atoms with Crippen molar-refractivity contribution in [3.05, 3.63) is 47.4 Å². The number of imidazole rings is 1. The van der Waals surface area contributed by atoms with Crippen LogP contribution in [0.4, 0.5) is 0 Å². The number of nitrogens with zero attached hydrogens (tertiary/aromatic N) is 3. The molecule has 0 aliphatic heterocycles. The van der Waals surface area contributed by atoms with Gasteiger partial charge in [-0.25, -0.2) is 9.97 Å². The Morgan fingerprint density at radius 1 is 1.40 bits per heavy atom. The van der Waals surface area contributed by atoms with E-state index in [1.165, 1.54) is 0 Å². The normalized spacial score (nSPS) is 12.7. The van der Waals surface area contributed by atoms with Crippen molar-refractivity contribution in [3.8, 4) is 5.88 Å². The molecular formula is C14H15N3O2S. The van der Waals surface area contributed by atoms with Crippen molar-refractivity contribution < 1.29 is 9.84 Å². The van der Waals surface area contributed by atoms with E-state index in [2.05, 4.69) is 9.97 Å². The Labute approximate surface area is 120 Å². The van der Waals surface area contributed by atoms with Crippen molar-refractivity contribution >= 4 is 16.3 Å². The largest absolute Gasteiger partial charge is 0.481 e. The third-order valence-electron chi connectivity index (χ3n) is 3.07. The van der Waals surface area contributed by atoms with Gasteiger partial charge >= 0.3 is 0 Å². The third-order valence-corrected chi connectivity index (χ3v) is 3.84. The molecule has 0 aliphatic carbocycles. The van der Waals surface area contributed by atoms with Crippen LogP contribution in [0.5, 0.6) is 5.88 Å². The van der Waals surface area contributed by atoms with E-state index in [0.29, 0.717) is 18.7 Å². The van der Waals surface area contributed by atoms with Gasteiger partial charge in [0.2, 0.25) is 5.88 Å². The van der Waals surface area contributed by atoms with E-state index in [0.717, 1.165) is 16.2 Å². The maximum Gasteiger partial charge on any atom is 0.212 e. The van der Waals surface area contributed by atoms with E-state index in [1.54, 1.807) is 30.7 Å². The lowest BCUT2D eigenvalue weighted by molar-refractivity contribution is 0.174. The Bertz CT molecular complexity index is 661. The average Bonchev–Trinajstić information content (AvgIpc) is 3.00. The van der Waals surface area contributed by atoms with Crippen LogP contribution in [0.25, 0.3) is 4.96 Å². The Balaban J connectivity index is 1.63. The topological polar surface area (TPSA) is 59.7 Å². The minimum atomic E-state index is -0.463. The highest BCUT2D eigenvalue weighted by Crippen LogP contribution is 2.14. The molecule has 6 heteroatoms. The number of aromatic nitrogens is 3. The van der Waals surface area contributed by atoms with Crippen molar-refractivity contribution in [2.24, 2.45) is 0 Å². The Morgan fingerprint density at radius 3 is 3.00 bits per heavy atom. The number of thiazole rings is 1. The lowest BCUT2D eigenvalue weighted by atomic mass is 10.1. The molecular weight excluding hydrogens is 274 g/mol. The lowest BCUT2D eigenvalue weighted by Crippen LogP contribution is -2.14. The minimum absolute atomic E-state index is 0.463. The molecule has 0 saturated heterocycles. The summed E-state index contributed by atoms with van der Waals surface area (Å²) in [6, 6.07) is 3.72. The molecule has 0 fully saturated rings. The Hall–Kier alpha value is -1.92. The summed E-state index contributed by atoms with van der Waals surface area (Å²) in [7, 11) is 1.58. The molecule has 3 aromatic heterocycles. The maximum atomic E-state index is 10.1. The number of ether oxygens (including phenoxy) is 1. The molecule has 3 rings (SSSR count). The highest BCUT2D eigenvalue weighted by Gasteiger charge is 2.11. The first kappa shape index (κ1) is 13.1. The van der Waals surface area contributed by atoms with E-state index < -0.39 is 6.10 Å². The van der Waals surface area contributed by atoms with Gasteiger partial charge in [0, 0.05) is 42.9 Å². The first-order chi connectivity index (χ1) is 9.74. The third kappa shape index (κ3) is 2.81. The Morgan fingerprint density at radius 2 is 2.30 bits per heavy atom. The molecule has 1 N–H and O–H groups in total. The van der Waals surface area contributed by atoms with Gasteiger partial charge in [-0.3, -0.25) is 4.40 Å². The first-order valence-corrected chi connectivity index (χ1v) is 7.20. The van der Waals surface area contributed by atoms with Crippen LogP contribution in [0.2, 0.25) is 0 Å². The van der Waals surface area contributed by atoms with Crippen molar-refractivity contribution in [1.29, 1.82) is 0 Å². The van der Waals surface area contributed by atoms with Crippen LogP contribution < -0.4 is 4.74 Å². The molecule has 1 unspecified atom stereocenters. The Kier molecular flexibility index (Phi) is 3.66. The van der Waals surface area contributed by atoms with Crippen LogP contribution in [-0.2, 0) is 12.8 Å². The van der Waals surface area contributed by atoms with E-state index in [-0.39, 0.29) is 0 Å². The predicted molar refractivity (Wildman–Crippen MR) is 77.3 cm³/mol. The summed E-state index contributed by atoms with van der Waals surface area (Å²) in [6.45, 7) is 0. The van der Waals surface area contributed by atoms with Crippen LogP contribution in [-0.4, -0.2) is 32.7 Å². The summed E-state index contributed by atoms with van der Waals surface area (Å²) < 4.78 is 6.98. The van der Waals surface area contributed by atoms with Gasteiger partial charge in [-0.1, -0.05) is 6.07 Å². The van der Waals surface area contributed by atoms with E-state index in [4.69, 9.17) is 4.74 Å². The summed E-state index contributed by atoms with van der Waals surface area (Å²) in [5.74, 6) is 0.581. The average molecular weight is 289 g/mol. The molecule has 0 saturated carbocycles. The summed E-state index contributed by atoms with van der Waals surface area (Å²) in [5.41, 5.74) is 1.89. The number of hydrogen-bond donors (Lipinski definition) is 1. The van der Waals surface area contributed by atoms with Crippen LogP contribution >= 0.6 is 11.3 Å². The molecule has 1 atom stereocenters. The van der Waals surface area contributed by atoms with Crippen molar-refractivity contribution in [2.45, 2.75) is 18.9 Å². The molecule has 3 aromatic rings. The minimum Gasteiger partial charge on any atom is -0.481 e. The van der Waals surface area contributed by atoms with E-state index in [9.17, 15) is 5.11 Å². The monoisotopic (exact) mass is 289 g/mol. The zero-order valence-corrected chi connectivity index (χ0v) is 11.9. The quantitative estimate of drug-likeness (QED) is 0.780. The highest BCUT2D eigenvalue weighted by molar-refractivity contribution is 7.15. The second-order valence-corrected chi connectivity index (χ2v) is 5.47. The fraction of sp³-hybridized carbons (Fsp3) is 0.286. The van der Waals surface area contributed by atoms with Crippen molar-refractivity contribution in [2.75, 3.05) is 7.11 Å². The van der Waals surface area contributed by atoms with E-state index >= 15 is 0 Å². The van der Waals surface area contributed by atoms with Crippen molar-refractivity contribution in [3.63, 3.8) is 0 Å². The predicted octanol–water partition coefficient (Wildman–Crippen LogP) is 1.95. The van der Waals surface area contributed by atoms with Gasteiger partial charge in [0.15, 0.2) is 4.96 Å². The number of aliphatic hydroxyl groups is 1. The maximum absolute atomic E-state index is 10.1. The van der Waals surface area contributed by atoms with E-state index in [1.807, 2.05) is 28.2 Å². The highest BCUT2D eigenvalue weighted by atomic mass is 32.1. The molecule has 5 nitrogen and oxygen atoms in total. The summed E-state index contributed by atoms with van der Waals surface area (Å²) in [5, 5.41) is 12.1. The summed E-state index contributed by atoms with van der Waals surface area (Å²) in [4.78, 5) is 9.56. The summed E-state index contributed by atoms with van der Waals surface area (Å²) >= 11 is 1.59. The van der Waals surface area contributed by atoms with Crippen LogP contribution in [0.15, 0.2) is 36.1 Å². The van der Waals surface area contributed by atoms with Crippen LogP contribution in [0, 0.1) is 0 Å². The number of hydrogen-bond acceptors (Lipinski definition) is 5. The van der Waals surface area contributed by atoms with Crippen LogP contribution in [0.3, 0.4) is 0 Å². The zero-order chi connectivity index (χ0) is 13.9. The molecule has 0 aliphatic rings. The number of fused-ring (bicyclic) bond motifs is 1. The van der Waals surface area contributed by atoms with Gasteiger partial charge in [-0.15, -0.1) is 11.3 Å². The molecule has 0 amide bonds. The van der Waals surface area contributed by atoms with Gasteiger partial charge in [-0.05, 0) is 5.56 Å². The lowest BCUT2D eigenvalue weighted by Gasteiger charge is -2.09. The number of methoxy groups -OCH3 is 1. The molecule has 0 spiro atoms. The van der Waals surface area contributed by atoms with Gasteiger partial charge in [-0.2, -0.15) is 0 Å². The van der Waals surface area contributed by atoms with Crippen molar-refractivity contribution in [1.82, 2.24) is 14.4 Å². The smallest absolute Gasteiger partial charge is 0.212 e. The molecule has 0 radical (unpaired) electrons. The first-order valence-electron chi connectivity index (χ1n) is 6.32. The van der Waals surface area contributed by atoms with Gasteiger partial charge in [0.25, 0.3) is 0 Å². The molecule has 3 heterocycles. The van der Waals surface area contributed by atoms with Gasteiger partial charge < -0.3 is 9.84 Å². The number of pyridine rings is 1. The fourth-order valence-corrected chi connectivity index (χ4v) is 2.83. The second kappa shape index (κ2) is 5.60. The molecule has 104 valence electrons. The van der Waals surface area contributed by atoms with Crippen LogP contribution in [0.1, 0.15) is 11.3 Å². The molecule has 20 heavy (non-hydrogen) atoms. The molecule has 0 aromatic carbocycles. The second-order valence-electron chi connectivity index (χ2n) is 4.60. The standard InChI is InChI=1S/C14H15N3O2S/c1-19-13-3-2-10(8-15-13)6-12(18)7-11-9-17-4-5-20-14(17)16-11/h2-5,8-9,12,18H,6-7H2,1H3. The fourth-order valence-electron chi connectivity index (χ4n) is 2.11. The number of rotatable bonds is 5. The zero-order valence-electron chi connectivity index (χ0n) is 11.1. The van der Waals surface area contributed by atoms with Gasteiger partial charge in [0.05, 0.1) is 18.9 Å². The van der Waals surface area contributed by atoms with Gasteiger partial charge in [0.1, 0.15) is 0 Å². The molecule has 0 bridgehead atoms. The SMILES string of the molecule is COc1ccc(CC(O)Cc2cn3ccsc3n2)cn1.